The molecule has 0 aliphatic rings. The van der Waals surface area contributed by atoms with Crippen molar-refractivity contribution in [2.24, 2.45) is 0 Å². The number of aryl methyl sites for hydroxylation is 2. The van der Waals surface area contributed by atoms with Crippen molar-refractivity contribution >= 4 is 22.5 Å². The maximum atomic E-state index is 14.5. The molecule has 1 aromatic heterocycles. The maximum Gasteiger partial charge on any atom is 0.435 e. The number of alkyl halides is 7. The van der Waals surface area contributed by atoms with E-state index in [-0.39, 0.29) is 34.5 Å². The lowest BCUT2D eigenvalue weighted by Gasteiger charge is -2.31. The summed E-state index contributed by atoms with van der Waals surface area (Å²) in [5, 5.41) is 11.9. The fourth-order valence-corrected chi connectivity index (χ4v) is 3.52. The average Bonchev–Trinajstić information content (AvgIpc) is 2.77. The van der Waals surface area contributed by atoms with E-state index in [0.717, 1.165) is 0 Å². The van der Waals surface area contributed by atoms with E-state index in [1.807, 2.05) is 6.07 Å². The Labute approximate surface area is 189 Å². The molecular formula is C23H16F7N3O. The molecule has 0 saturated heterocycles. The van der Waals surface area contributed by atoms with Crippen LogP contribution in [0.1, 0.15) is 39.7 Å². The maximum absolute atomic E-state index is 14.5. The minimum Gasteiger partial charge on any atom is -0.321 e. The van der Waals surface area contributed by atoms with Crippen molar-refractivity contribution in [3.8, 4) is 6.07 Å². The van der Waals surface area contributed by atoms with Crippen LogP contribution in [-0.4, -0.2) is 23.2 Å². The van der Waals surface area contributed by atoms with Crippen LogP contribution in [0, 0.1) is 18.3 Å². The van der Waals surface area contributed by atoms with Crippen LogP contribution in [-0.2, 0) is 12.1 Å². The minimum atomic E-state index is -6.24. The lowest BCUT2D eigenvalue weighted by molar-refractivity contribution is -0.348. The van der Waals surface area contributed by atoms with E-state index < -0.39 is 29.5 Å². The molecule has 0 bridgehead atoms. The lowest BCUT2D eigenvalue weighted by atomic mass is 9.89. The molecule has 0 atom stereocenters. The molecule has 0 saturated carbocycles. The monoisotopic (exact) mass is 483 g/mol. The number of pyridine rings is 1. The molecule has 2 aromatic carbocycles. The van der Waals surface area contributed by atoms with Gasteiger partial charge in [0.1, 0.15) is 11.8 Å². The number of nitrogens with one attached hydrogen (secondary N) is 1. The van der Waals surface area contributed by atoms with Crippen molar-refractivity contribution in [3.05, 3.63) is 70.4 Å². The van der Waals surface area contributed by atoms with E-state index in [1.54, 1.807) is 6.07 Å². The molecule has 1 heterocycles. The number of anilines is 1. The Morgan fingerprint density at radius 2 is 1.65 bits per heavy atom. The van der Waals surface area contributed by atoms with Gasteiger partial charge in [0.05, 0.1) is 5.52 Å². The molecule has 11 heteroatoms. The Kier molecular flexibility index (Phi) is 6.30. The van der Waals surface area contributed by atoms with Crippen LogP contribution in [0.25, 0.3) is 10.9 Å². The number of fused-ring (bicyclic) bond motifs is 1. The molecule has 0 spiro atoms. The number of halogens is 7. The van der Waals surface area contributed by atoms with Gasteiger partial charge in [0.25, 0.3) is 5.91 Å². The summed E-state index contributed by atoms with van der Waals surface area (Å²) >= 11 is 0. The van der Waals surface area contributed by atoms with Crippen molar-refractivity contribution in [1.82, 2.24) is 4.98 Å². The van der Waals surface area contributed by atoms with Crippen LogP contribution in [0.15, 0.2) is 42.5 Å². The topological polar surface area (TPSA) is 65.8 Å². The van der Waals surface area contributed by atoms with Crippen LogP contribution in [0.2, 0.25) is 0 Å². The summed E-state index contributed by atoms with van der Waals surface area (Å²) in [5.41, 5.74) is -6.69. The SMILES string of the molecule is CCc1cc(C(F)(C(F)(F)F)C(F)(F)F)cc(C)c1NC(=O)c1ccc2nc(C#N)ccc2c1. The molecule has 34 heavy (non-hydrogen) atoms. The highest BCUT2D eigenvalue weighted by molar-refractivity contribution is 6.07. The van der Waals surface area contributed by atoms with Gasteiger partial charge in [-0.3, -0.25) is 4.79 Å². The molecule has 0 unspecified atom stereocenters. The molecule has 1 N–H and O–H groups in total. The van der Waals surface area contributed by atoms with Gasteiger partial charge in [0.15, 0.2) is 0 Å². The first-order chi connectivity index (χ1) is 15.7. The van der Waals surface area contributed by atoms with Crippen LogP contribution in [0.3, 0.4) is 0 Å². The van der Waals surface area contributed by atoms with E-state index in [0.29, 0.717) is 23.0 Å². The number of hydrogen-bond acceptors (Lipinski definition) is 3. The van der Waals surface area contributed by atoms with Crippen LogP contribution in [0.4, 0.5) is 36.4 Å². The number of carbonyl (C=O) groups is 1. The van der Waals surface area contributed by atoms with Crippen molar-refractivity contribution in [2.75, 3.05) is 5.32 Å². The normalized spacial score (nSPS) is 12.5. The van der Waals surface area contributed by atoms with E-state index in [2.05, 4.69) is 10.3 Å². The summed E-state index contributed by atoms with van der Waals surface area (Å²) in [5.74, 6) is -0.685. The van der Waals surface area contributed by atoms with Gasteiger partial charge in [-0.25, -0.2) is 9.37 Å². The molecule has 0 aliphatic heterocycles. The number of nitriles is 1. The smallest absolute Gasteiger partial charge is 0.321 e. The number of amides is 1. The van der Waals surface area contributed by atoms with Gasteiger partial charge in [-0.15, -0.1) is 0 Å². The summed E-state index contributed by atoms with van der Waals surface area (Å²) in [6.45, 7) is 2.63. The summed E-state index contributed by atoms with van der Waals surface area (Å²) in [6.07, 6.45) is -12.6. The molecule has 3 rings (SSSR count). The quantitative estimate of drug-likeness (QED) is 0.430. The Morgan fingerprint density at radius 1 is 1.00 bits per heavy atom. The standard InChI is InChI=1S/C23H16F7N3O/c1-3-13-10-16(21(24,22(25,26)27)23(28,29)30)8-12(2)19(13)33-20(34)15-5-7-18-14(9-15)4-6-17(11-31)32-18/h4-10H,3H2,1-2H3,(H,33,34). The highest BCUT2D eigenvalue weighted by Crippen LogP contribution is 2.53. The van der Waals surface area contributed by atoms with Crippen LogP contribution in [0.5, 0.6) is 0 Å². The second-order valence-electron chi connectivity index (χ2n) is 7.50. The van der Waals surface area contributed by atoms with Gasteiger partial charge in [-0.2, -0.15) is 31.6 Å². The largest absolute Gasteiger partial charge is 0.435 e. The zero-order valence-electron chi connectivity index (χ0n) is 17.7. The molecule has 0 aliphatic carbocycles. The summed E-state index contributed by atoms with van der Waals surface area (Å²) in [4.78, 5) is 16.9. The molecule has 3 aromatic rings. The number of nitrogens with zero attached hydrogens (tertiary/aromatic N) is 2. The first-order valence-electron chi connectivity index (χ1n) is 9.81. The fourth-order valence-electron chi connectivity index (χ4n) is 3.52. The predicted molar refractivity (Wildman–Crippen MR) is 110 cm³/mol. The van der Waals surface area contributed by atoms with Gasteiger partial charge in [0, 0.05) is 22.2 Å². The molecule has 0 fully saturated rings. The van der Waals surface area contributed by atoms with Gasteiger partial charge in [0.2, 0.25) is 0 Å². The first kappa shape index (κ1) is 25.0. The highest BCUT2D eigenvalue weighted by Gasteiger charge is 2.73. The second kappa shape index (κ2) is 8.59. The van der Waals surface area contributed by atoms with Gasteiger partial charge in [-0.1, -0.05) is 13.0 Å². The molecule has 1 amide bonds. The van der Waals surface area contributed by atoms with E-state index in [4.69, 9.17) is 5.26 Å². The average molecular weight is 483 g/mol. The Morgan fingerprint density at radius 3 is 2.21 bits per heavy atom. The van der Waals surface area contributed by atoms with Crippen molar-refractivity contribution in [3.63, 3.8) is 0 Å². The third-order valence-electron chi connectivity index (χ3n) is 5.28. The zero-order chi connectivity index (χ0) is 25.5. The Hall–Kier alpha value is -3.68. The van der Waals surface area contributed by atoms with E-state index in [1.165, 1.54) is 38.1 Å². The summed E-state index contributed by atoms with van der Waals surface area (Å²) < 4.78 is 93.6. The van der Waals surface area contributed by atoms with Crippen molar-refractivity contribution in [2.45, 2.75) is 38.3 Å². The molecule has 4 nitrogen and oxygen atoms in total. The van der Waals surface area contributed by atoms with Gasteiger partial charge >= 0.3 is 18.0 Å². The lowest BCUT2D eigenvalue weighted by Crippen LogP contribution is -2.50. The molecule has 0 radical (unpaired) electrons. The number of hydrogen-bond donors (Lipinski definition) is 1. The predicted octanol–water partition coefficient (Wildman–Crippen LogP) is 6.52. The number of aromatic nitrogens is 1. The van der Waals surface area contributed by atoms with Crippen LogP contribution >= 0.6 is 0 Å². The second-order valence-corrected chi connectivity index (χ2v) is 7.50. The minimum absolute atomic E-state index is 0.0130. The summed E-state index contributed by atoms with van der Waals surface area (Å²) in [6, 6.07) is 10.2. The highest BCUT2D eigenvalue weighted by atomic mass is 19.4. The van der Waals surface area contributed by atoms with Gasteiger partial charge < -0.3 is 5.32 Å². The number of carbonyl (C=O) groups excluding carboxylic acids is 1. The van der Waals surface area contributed by atoms with E-state index in [9.17, 15) is 35.5 Å². The zero-order valence-corrected chi connectivity index (χ0v) is 17.7. The van der Waals surface area contributed by atoms with Crippen LogP contribution < -0.4 is 5.32 Å². The Balaban J connectivity index is 2.02. The number of rotatable bonds is 4. The van der Waals surface area contributed by atoms with E-state index >= 15 is 0 Å². The molecule has 178 valence electrons. The van der Waals surface area contributed by atoms with Crippen molar-refractivity contribution in [1.29, 1.82) is 5.26 Å². The Bertz CT molecular complexity index is 1290. The third-order valence-corrected chi connectivity index (χ3v) is 5.28. The van der Waals surface area contributed by atoms with Crippen molar-refractivity contribution < 1.29 is 35.5 Å². The fraction of sp³-hybridized carbons (Fsp3) is 0.261. The molecular weight excluding hydrogens is 467 g/mol. The number of benzene rings is 2. The third kappa shape index (κ3) is 4.27. The van der Waals surface area contributed by atoms with Gasteiger partial charge in [-0.05, 0) is 60.9 Å². The summed E-state index contributed by atoms with van der Waals surface area (Å²) in [7, 11) is 0. The first-order valence-corrected chi connectivity index (χ1v) is 9.81.